The van der Waals surface area contributed by atoms with Gasteiger partial charge >= 0.3 is 0 Å². The molecule has 0 saturated heterocycles. The normalized spacial score (nSPS) is 15.0. The Morgan fingerprint density at radius 1 is 1.38 bits per heavy atom. The first-order chi connectivity index (χ1) is 11.7. The van der Waals surface area contributed by atoms with Crippen LogP contribution in [0.5, 0.6) is 5.75 Å². The first kappa shape index (κ1) is 16.7. The molecule has 1 fully saturated rings. The highest BCUT2D eigenvalue weighted by molar-refractivity contribution is 7.09. The van der Waals surface area contributed by atoms with Gasteiger partial charge in [-0.1, -0.05) is 31.0 Å². The maximum Gasteiger partial charge on any atom is 0.244 e. The molecule has 0 radical (unpaired) electrons. The molecule has 1 saturated carbocycles. The Balaban J connectivity index is 1.60. The summed E-state index contributed by atoms with van der Waals surface area (Å²) in [5, 5.41) is 6.09. The number of aryl methyl sites for hydroxylation is 1. The zero-order chi connectivity index (χ0) is 16.8. The molecule has 24 heavy (non-hydrogen) atoms. The lowest BCUT2D eigenvalue weighted by Gasteiger charge is -2.10. The summed E-state index contributed by atoms with van der Waals surface area (Å²) >= 11 is 1.61. The monoisotopic (exact) mass is 342 g/mol. The minimum atomic E-state index is -0.0353. The van der Waals surface area contributed by atoms with E-state index in [1.165, 1.54) is 12.8 Å². The van der Waals surface area contributed by atoms with Crippen molar-refractivity contribution in [3.63, 3.8) is 0 Å². The lowest BCUT2D eigenvalue weighted by Crippen LogP contribution is -2.30. The second-order valence-electron chi connectivity index (χ2n) is 6.01. The lowest BCUT2D eigenvalue weighted by molar-refractivity contribution is -0.117. The molecule has 0 atom stereocenters. The number of hydrogen-bond acceptors (Lipinski definition) is 4. The number of ether oxygens (including phenoxy) is 1. The highest BCUT2D eigenvalue weighted by Crippen LogP contribution is 2.21. The van der Waals surface area contributed by atoms with Crippen molar-refractivity contribution in [2.75, 3.05) is 0 Å². The summed E-state index contributed by atoms with van der Waals surface area (Å²) in [4.78, 5) is 16.4. The third-order valence-corrected chi connectivity index (χ3v) is 4.90. The fourth-order valence-corrected chi connectivity index (χ4v) is 3.46. The minimum Gasteiger partial charge on any atom is -0.487 e. The summed E-state index contributed by atoms with van der Waals surface area (Å²) in [6.07, 6.45) is 8.00. The van der Waals surface area contributed by atoms with Crippen molar-refractivity contribution in [3.8, 4) is 5.75 Å². The molecule has 1 aliphatic rings. The van der Waals surface area contributed by atoms with Gasteiger partial charge in [0.25, 0.3) is 0 Å². The van der Waals surface area contributed by atoms with Gasteiger partial charge in [0.15, 0.2) is 0 Å². The molecule has 0 spiro atoms. The van der Waals surface area contributed by atoms with Gasteiger partial charge in [0.2, 0.25) is 5.91 Å². The third-order valence-electron chi connectivity index (χ3n) is 4.08. The van der Waals surface area contributed by atoms with E-state index in [0.29, 0.717) is 12.6 Å². The van der Waals surface area contributed by atoms with E-state index in [1.54, 1.807) is 17.4 Å². The van der Waals surface area contributed by atoms with Gasteiger partial charge in [-0.3, -0.25) is 4.79 Å². The van der Waals surface area contributed by atoms with Crippen LogP contribution in [-0.4, -0.2) is 16.9 Å². The van der Waals surface area contributed by atoms with Gasteiger partial charge in [0.05, 0.1) is 10.7 Å². The van der Waals surface area contributed by atoms with E-state index in [2.05, 4.69) is 10.3 Å². The Hall–Kier alpha value is -2.14. The topological polar surface area (TPSA) is 51.2 Å². The second-order valence-corrected chi connectivity index (χ2v) is 7.07. The van der Waals surface area contributed by atoms with Gasteiger partial charge in [-0.25, -0.2) is 4.98 Å². The van der Waals surface area contributed by atoms with Gasteiger partial charge in [-0.15, -0.1) is 11.3 Å². The van der Waals surface area contributed by atoms with Crippen molar-refractivity contribution in [1.82, 2.24) is 10.3 Å². The van der Waals surface area contributed by atoms with Crippen LogP contribution in [0.2, 0.25) is 0 Å². The van der Waals surface area contributed by atoms with Crippen molar-refractivity contribution in [1.29, 1.82) is 0 Å². The van der Waals surface area contributed by atoms with E-state index in [-0.39, 0.29) is 5.91 Å². The number of nitrogens with one attached hydrogen (secondary N) is 1. The molecular formula is C19H22N2O2S. The van der Waals surface area contributed by atoms with Crippen molar-refractivity contribution in [3.05, 3.63) is 52.0 Å². The van der Waals surface area contributed by atoms with Crippen LogP contribution in [0.25, 0.3) is 6.08 Å². The summed E-state index contributed by atoms with van der Waals surface area (Å²) in [5.41, 5.74) is 1.82. The predicted octanol–water partition coefficient (Wildman–Crippen LogP) is 4.10. The fraction of sp³-hybridized carbons (Fsp3) is 0.368. The molecule has 1 aromatic heterocycles. The van der Waals surface area contributed by atoms with Crippen LogP contribution in [0.15, 0.2) is 35.7 Å². The first-order valence-corrected chi connectivity index (χ1v) is 9.20. The van der Waals surface area contributed by atoms with E-state index in [9.17, 15) is 4.79 Å². The lowest BCUT2D eigenvalue weighted by atomic mass is 10.2. The number of carbonyl (C=O) groups excluding carboxylic acids is 1. The zero-order valence-corrected chi connectivity index (χ0v) is 14.6. The molecule has 5 heteroatoms. The van der Waals surface area contributed by atoms with E-state index in [1.807, 2.05) is 42.6 Å². The molecule has 4 nitrogen and oxygen atoms in total. The SMILES string of the molecule is Cc1nc(COc2ccccc2/C=C/C(=O)NC2CCCC2)cs1. The van der Waals surface area contributed by atoms with Crippen molar-refractivity contribution in [2.45, 2.75) is 45.3 Å². The Kier molecular flexibility index (Phi) is 5.64. The molecule has 1 amide bonds. The molecule has 3 rings (SSSR count). The summed E-state index contributed by atoms with van der Waals surface area (Å²) in [7, 11) is 0. The number of aromatic nitrogens is 1. The van der Waals surface area contributed by atoms with Crippen LogP contribution in [0.1, 0.15) is 41.9 Å². The van der Waals surface area contributed by atoms with Crippen LogP contribution in [0, 0.1) is 6.92 Å². The molecule has 1 heterocycles. The standard InChI is InChI=1S/C19H22N2O2S/c1-14-20-17(13-24-14)12-23-18-9-5-2-6-15(18)10-11-19(22)21-16-7-3-4-8-16/h2,5-6,9-11,13,16H,3-4,7-8,12H2,1H3,(H,21,22)/b11-10+. The number of thiazole rings is 1. The second kappa shape index (κ2) is 8.11. The number of hydrogen-bond donors (Lipinski definition) is 1. The largest absolute Gasteiger partial charge is 0.487 e. The average molecular weight is 342 g/mol. The average Bonchev–Trinajstić information content (AvgIpc) is 3.23. The number of carbonyl (C=O) groups is 1. The number of benzene rings is 1. The zero-order valence-electron chi connectivity index (χ0n) is 13.8. The minimum absolute atomic E-state index is 0.0353. The van der Waals surface area contributed by atoms with E-state index in [0.717, 1.165) is 34.9 Å². The fourth-order valence-electron chi connectivity index (χ4n) is 2.86. The number of nitrogens with zero attached hydrogens (tertiary/aromatic N) is 1. The Bertz CT molecular complexity index is 718. The smallest absolute Gasteiger partial charge is 0.244 e. The van der Waals surface area contributed by atoms with Gasteiger partial charge in [-0.05, 0) is 31.9 Å². The highest BCUT2D eigenvalue weighted by Gasteiger charge is 2.15. The van der Waals surface area contributed by atoms with E-state index in [4.69, 9.17) is 4.74 Å². The molecule has 1 aliphatic carbocycles. The van der Waals surface area contributed by atoms with E-state index >= 15 is 0 Å². The van der Waals surface area contributed by atoms with Crippen molar-refractivity contribution in [2.24, 2.45) is 0 Å². The summed E-state index contributed by atoms with van der Waals surface area (Å²) in [6, 6.07) is 8.06. The summed E-state index contributed by atoms with van der Waals surface area (Å²) < 4.78 is 5.86. The quantitative estimate of drug-likeness (QED) is 0.804. The molecule has 126 valence electrons. The molecule has 0 aliphatic heterocycles. The van der Waals surface area contributed by atoms with E-state index < -0.39 is 0 Å². The number of rotatable bonds is 6. The summed E-state index contributed by atoms with van der Waals surface area (Å²) in [5.74, 6) is 0.722. The van der Waals surface area contributed by atoms with Crippen LogP contribution >= 0.6 is 11.3 Å². The Morgan fingerprint density at radius 3 is 2.92 bits per heavy atom. The molecule has 0 unspecified atom stereocenters. The van der Waals surface area contributed by atoms with Gasteiger partial charge in [-0.2, -0.15) is 0 Å². The number of amides is 1. The van der Waals surface area contributed by atoms with Crippen LogP contribution < -0.4 is 10.1 Å². The Labute approximate surface area is 146 Å². The number of para-hydroxylation sites is 1. The molecule has 2 aromatic rings. The maximum absolute atomic E-state index is 12.0. The predicted molar refractivity (Wildman–Crippen MR) is 97.1 cm³/mol. The van der Waals surface area contributed by atoms with Crippen molar-refractivity contribution < 1.29 is 9.53 Å². The maximum atomic E-state index is 12.0. The highest BCUT2D eigenvalue weighted by atomic mass is 32.1. The molecule has 1 N–H and O–H groups in total. The summed E-state index contributed by atoms with van der Waals surface area (Å²) in [6.45, 7) is 2.41. The molecular weight excluding hydrogens is 320 g/mol. The van der Waals surface area contributed by atoms with Crippen molar-refractivity contribution >= 4 is 23.3 Å². The van der Waals surface area contributed by atoms with Crippen LogP contribution in [0.4, 0.5) is 0 Å². The Morgan fingerprint density at radius 2 is 2.17 bits per heavy atom. The van der Waals surface area contributed by atoms with Gasteiger partial charge in [0.1, 0.15) is 12.4 Å². The molecule has 0 bridgehead atoms. The van der Waals surface area contributed by atoms with Gasteiger partial charge < -0.3 is 10.1 Å². The molecule has 1 aromatic carbocycles. The third kappa shape index (κ3) is 4.68. The van der Waals surface area contributed by atoms with Gasteiger partial charge in [0, 0.05) is 23.1 Å². The van der Waals surface area contributed by atoms with Crippen LogP contribution in [0.3, 0.4) is 0 Å². The van der Waals surface area contributed by atoms with Crippen LogP contribution in [-0.2, 0) is 11.4 Å². The first-order valence-electron chi connectivity index (χ1n) is 8.32.